The fourth-order valence-corrected chi connectivity index (χ4v) is 2.53. The Morgan fingerprint density at radius 3 is 2.90 bits per heavy atom. The first-order chi connectivity index (χ1) is 10.2. The van der Waals surface area contributed by atoms with Gasteiger partial charge in [-0.1, -0.05) is 23.9 Å². The third-order valence-corrected chi connectivity index (χ3v) is 3.85. The smallest absolute Gasteiger partial charge is 0.226 e. The van der Waals surface area contributed by atoms with Crippen molar-refractivity contribution in [3.05, 3.63) is 65.9 Å². The zero-order valence-corrected chi connectivity index (χ0v) is 12.2. The van der Waals surface area contributed by atoms with E-state index in [1.54, 1.807) is 30.2 Å². The summed E-state index contributed by atoms with van der Waals surface area (Å²) in [6.07, 6.45) is 3.44. The highest BCUT2D eigenvalue weighted by Gasteiger charge is 2.08. The van der Waals surface area contributed by atoms with Crippen molar-refractivity contribution in [1.29, 1.82) is 0 Å². The predicted octanol–water partition coefficient (Wildman–Crippen LogP) is 4.48. The lowest BCUT2D eigenvalue weighted by Gasteiger charge is -1.98. The third-order valence-electron chi connectivity index (χ3n) is 2.88. The van der Waals surface area contributed by atoms with Crippen molar-refractivity contribution in [3.8, 4) is 11.5 Å². The average molecular weight is 300 g/mol. The first-order valence-electron chi connectivity index (χ1n) is 6.46. The maximum absolute atomic E-state index is 13.2. The van der Waals surface area contributed by atoms with Crippen LogP contribution in [0.15, 0.2) is 58.3 Å². The monoisotopic (exact) mass is 300 g/mol. The molecule has 0 saturated heterocycles. The SMILES string of the molecule is Cc1ccc(SCc2coc(-c3cccc(F)c3)n2)nc1. The second-order valence-electron chi connectivity index (χ2n) is 4.62. The number of halogens is 1. The molecule has 5 heteroatoms. The lowest BCUT2D eigenvalue weighted by molar-refractivity contribution is 0.571. The number of hydrogen-bond donors (Lipinski definition) is 0. The molecular weight excluding hydrogens is 287 g/mol. The number of pyridine rings is 1. The van der Waals surface area contributed by atoms with Crippen molar-refractivity contribution in [3.63, 3.8) is 0 Å². The standard InChI is InChI=1S/C16H13FN2OS/c1-11-5-6-15(18-8-11)21-10-14-9-20-16(19-14)12-3-2-4-13(17)7-12/h2-9H,10H2,1H3. The van der Waals surface area contributed by atoms with Crippen molar-refractivity contribution < 1.29 is 8.81 Å². The molecule has 0 fully saturated rings. The van der Waals surface area contributed by atoms with E-state index in [9.17, 15) is 4.39 Å². The minimum absolute atomic E-state index is 0.300. The second-order valence-corrected chi connectivity index (χ2v) is 5.61. The molecule has 0 N–H and O–H groups in total. The molecule has 106 valence electrons. The van der Waals surface area contributed by atoms with Crippen LogP contribution in [0.3, 0.4) is 0 Å². The summed E-state index contributed by atoms with van der Waals surface area (Å²) < 4.78 is 18.6. The van der Waals surface area contributed by atoms with Gasteiger partial charge < -0.3 is 4.42 Å². The van der Waals surface area contributed by atoms with Gasteiger partial charge in [-0.15, -0.1) is 0 Å². The molecule has 0 atom stereocenters. The van der Waals surface area contributed by atoms with E-state index in [4.69, 9.17) is 4.42 Å². The predicted molar refractivity (Wildman–Crippen MR) is 80.4 cm³/mol. The fourth-order valence-electron chi connectivity index (χ4n) is 1.81. The quantitative estimate of drug-likeness (QED) is 0.666. The molecule has 21 heavy (non-hydrogen) atoms. The summed E-state index contributed by atoms with van der Waals surface area (Å²) in [6, 6.07) is 10.2. The molecule has 0 radical (unpaired) electrons. The maximum atomic E-state index is 13.2. The van der Waals surface area contributed by atoms with Crippen molar-refractivity contribution in [2.45, 2.75) is 17.7 Å². The Morgan fingerprint density at radius 2 is 2.14 bits per heavy atom. The summed E-state index contributed by atoms with van der Waals surface area (Å²) >= 11 is 1.59. The molecule has 0 unspecified atom stereocenters. The topological polar surface area (TPSA) is 38.9 Å². The van der Waals surface area contributed by atoms with Crippen LogP contribution in [-0.4, -0.2) is 9.97 Å². The van der Waals surface area contributed by atoms with Crippen LogP contribution in [0, 0.1) is 12.7 Å². The van der Waals surface area contributed by atoms with Gasteiger partial charge in [-0.25, -0.2) is 14.4 Å². The summed E-state index contributed by atoms with van der Waals surface area (Å²) in [4.78, 5) is 8.70. The van der Waals surface area contributed by atoms with Crippen LogP contribution in [-0.2, 0) is 5.75 Å². The van der Waals surface area contributed by atoms with Gasteiger partial charge in [0.15, 0.2) is 0 Å². The maximum Gasteiger partial charge on any atom is 0.226 e. The van der Waals surface area contributed by atoms with E-state index < -0.39 is 0 Å². The van der Waals surface area contributed by atoms with Crippen molar-refractivity contribution in [1.82, 2.24) is 9.97 Å². The fraction of sp³-hybridized carbons (Fsp3) is 0.125. The summed E-state index contributed by atoms with van der Waals surface area (Å²) in [5.74, 6) is 0.793. The molecule has 0 aliphatic rings. The Balaban J connectivity index is 1.69. The van der Waals surface area contributed by atoms with E-state index in [1.807, 2.05) is 25.3 Å². The largest absolute Gasteiger partial charge is 0.444 e. The number of hydrogen-bond acceptors (Lipinski definition) is 4. The molecule has 3 aromatic rings. The van der Waals surface area contributed by atoms with E-state index in [-0.39, 0.29) is 5.82 Å². The Labute approximate surface area is 126 Å². The number of nitrogens with zero attached hydrogens (tertiary/aromatic N) is 2. The first kappa shape index (κ1) is 13.8. The minimum atomic E-state index is -0.300. The van der Waals surface area contributed by atoms with Gasteiger partial charge in [0.1, 0.15) is 12.1 Å². The number of oxazole rings is 1. The van der Waals surface area contributed by atoms with Crippen LogP contribution >= 0.6 is 11.8 Å². The van der Waals surface area contributed by atoms with Gasteiger partial charge in [-0.05, 0) is 36.8 Å². The van der Waals surface area contributed by atoms with E-state index in [0.717, 1.165) is 16.3 Å². The van der Waals surface area contributed by atoms with Crippen molar-refractivity contribution in [2.24, 2.45) is 0 Å². The number of aromatic nitrogens is 2. The molecule has 0 aliphatic heterocycles. The lowest BCUT2D eigenvalue weighted by Crippen LogP contribution is -1.85. The highest BCUT2D eigenvalue weighted by molar-refractivity contribution is 7.98. The number of aryl methyl sites for hydroxylation is 1. The van der Waals surface area contributed by atoms with Gasteiger partial charge in [-0.3, -0.25) is 0 Å². The Morgan fingerprint density at radius 1 is 1.24 bits per heavy atom. The minimum Gasteiger partial charge on any atom is -0.444 e. The number of benzene rings is 1. The van der Waals surface area contributed by atoms with Gasteiger partial charge in [0.2, 0.25) is 5.89 Å². The Hall–Kier alpha value is -2.14. The van der Waals surface area contributed by atoms with Crippen LogP contribution in [0.2, 0.25) is 0 Å². The zero-order chi connectivity index (χ0) is 14.7. The van der Waals surface area contributed by atoms with Crippen molar-refractivity contribution >= 4 is 11.8 Å². The highest BCUT2D eigenvalue weighted by Crippen LogP contribution is 2.24. The average Bonchev–Trinajstić information content (AvgIpc) is 2.96. The second kappa shape index (κ2) is 6.10. The number of rotatable bonds is 4. The molecule has 0 saturated carbocycles. The van der Waals surface area contributed by atoms with Gasteiger partial charge in [0.25, 0.3) is 0 Å². The summed E-state index contributed by atoms with van der Waals surface area (Å²) in [6.45, 7) is 2.00. The Kier molecular flexibility index (Phi) is 4.01. The number of thioether (sulfide) groups is 1. The van der Waals surface area contributed by atoms with E-state index in [1.165, 1.54) is 12.1 Å². The molecular formula is C16H13FN2OS. The van der Waals surface area contributed by atoms with Gasteiger partial charge >= 0.3 is 0 Å². The van der Waals surface area contributed by atoms with Crippen LogP contribution in [0.5, 0.6) is 0 Å². The molecule has 0 aliphatic carbocycles. The molecule has 0 amide bonds. The van der Waals surface area contributed by atoms with Crippen LogP contribution < -0.4 is 0 Å². The molecule has 3 nitrogen and oxygen atoms in total. The summed E-state index contributed by atoms with van der Waals surface area (Å²) in [7, 11) is 0. The summed E-state index contributed by atoms with van der Waals surface area (Å²) in [5, 5.41) is 0.941. The Bertz CT molecular complexity index is 740. The molecule has 2 aromatic heterocycles. The van der Waals surface area contributed by atoms with E-state index >= 15 is 0 Å². The van der Waals surface area contributed by atoms with E-state index in [0.29, 0.717) is 17.2 Å². The lowest BCUT2D eigenvalue weighted by atomic mass is 10.2. The van der Waals surface area contributed by atoms with Crippen LogP contribution in [0.1, 0.15) is 11.3 Å². The van der Waals surface area contributed by atoms with Crippen molar-refractivity contribution in [2.75, 3.05) is 0 Å². The highest BCUT2D eigenvalue weighted by atomic mass is 32.2. The summed E-state index contributed by atoms with van der Waals surface area (Å²) in [5.41, 5.74) is 2.58. The molecule has 0 spiro atoms. The van der Waals surface area contributed by atoms with Crippen LogP contribution in [0.4, 0.5) is 4.39 Å². The van der Waals surface area contributed by atoms with E-state index in [2.05, 4.69) is 9.97 Å². The normalized spacial score (nSPS) is 10.8. The van der Waals surface area contributed by atoms with Gasteiger partial charge in [0.05, 0.1) is 10.7 Å². The third kappa shape index (κ3) is 3.49. The molecule has 0 bridgehead atoms. The molecule has 3 rings (SSSR count). The van der Waals surface area contributed by atoms with Gasteiger partial charge in [-0.2, -0.15) is 0 Å². The van der Waals surface area contributed by atoms with Gasteiger partial charge in [0, 0.05) is 17.5 Å². The molecule has 1 aromatic carbocycles. The zero-order valence-electron chi connectivity index (χ0n) is 11.4. The first-order valence-corrected chi connectivity index (χ1v) is 7.45. The molecule has 2 heterocycles. The van der Waals surface area contributed by atoms with Crippen LogP contribution in [0.25, 0.3) is 11.5 Å².